The summed E-state index contributed by atoms with van der Waals surface area (Å²) in [4.78, 5) is 15.6. The zero-order valence-corrected chi connectivity index (χ0v) is 16.0. The fourth-order valence-corrected chi connectivity index (χ4v) is 4.38. The number of nitrogens with zero attached hydrogens (tertiary/aromatic N) is 1. The lowest BCUT2D eigenvalue weighted by Gasteiger charge is -2.34. The Labute approximate surface area is 167 Å². The van der Waals surface area contributed by atoms with Crippen molar-refractivity contribution in [1.29, 1.82) is 0 Å². The molecule has 3 aromatic carbocycles. The van der Waals surface area contributed by atoms with E-state index in [4.69, 9.17) is 4.42 Å². The van der Waals surface area contributed by atoms with Gasteiger partial charge in [0.25, 0.3) is 0 Å². The maximum atomic E-state index is 14.1. The molecular formula is C24H22FN2O2+. The van der Waals surface area contributed by atoms with E-state index in [1.165, 1.54) is 11.0 Å². The topological polar surface area (TPSA) is 37.9 Å². The largest absolute Gasteiger partial charge is 0.423 e. The molecular weight excluding hydrogens is 367 g/mol. The molecule has 0 radical (unpaired) electrons. The molecule has 0 atom stereocenters. The molecule has 1 aliphatic rings. The van der Waals surface area contributed by atoms with Gasteiger partial charge in [-0.05, 0) is 29.0 Å². The van der Waals surface area contributed by atoms with Crippen LogP contribution in [0.1, 0.15) is 5.56 Å². The van der Waals surface area contributed by atoms with Crippen molar-refractivity contribution in [3.63, 3.8) is 0 Å². The smallest absolute Gasteiger partial charge is 0.336 e. The van der Waals surface area contributed by atoms with Gasteiger partial charge in [0.15, 0.2) is 0 Å². The molecule has 0 unspecified atom stereocenters. The van der Waals surface area contributed by atoms with E-state index in [1.807, 2.05) is 36.4 Å². The van der Waals surface area contributed by atoms with Crippen LogP contribution in [-0.4, -0.2) is 26.2 Å². The second-order valence-corrected chi connectivity index (χ2v) is 7.62. The summed E-state index contributed by atoms with van der Waals surface area (Å²) in [6, 6.07) is 20.6. The van der Waals surface area contributed by atoms with Crippen molar-refractivity contribution in [2.75, 3.05) is 31.1 Å². The van der Waals surface area contributed by atoms with E-state index in [2.05, 4.69) is 17.0 Å². The van der Waals surface area contributed by atoms with Gasteiger partial charge in [0, 0.05) is 17.0 Å². The molecule has 0 saturated carbocycles. The van der Waals surface area contributed by atoms with Crippen molar-refractivity contribution < 1.29 is 13.7 Å². The SMILES string of the molecule is O=c1cc(C[NH+]2CCN(c3ccccc3F)CC2)c2c(ccc3ccccc32)o1. The Morgan fingerprint density at radius 1 is 0.966 bits per heavy atom. The van der Waals surface area contributed by atoms with Crippen molar-refractivity contribution >= 4 is 27.4 Å². The van der Waals surface area contributed by atoms with E-state index in [0.29, 0.717) is 11.3 Å². The van der Waals surface area contributed by atoms with Crippen molar-refractivity contribution in [2.24, 2.45) is 0 Å². The highest BCUT2D eigenvalue weighted by atomic mass is 19.1. The van der Waals surface area contributed by atoms with Crippen LogP contribution in [0.25, 0.3) is 21.7 Å². The molecule has 1 aromatic heterocycles. The number of hydrogen-bond donors (Lipinski definition) is 1. The van der Waals surface area contributed by atoms with Crippen LogP contribution in [0.2, 0.25) is 0 Å². The first-order valence-corrected chi connectivity index (χ1v) is 9.96. The van der Waals surface area contributed by atoms with Crippen LogP contribution in [0.3, 0.4) is 0 Å². The molecule has 1 aliphatic heterocycles. The molecule has 5 rings (SSSR count). The Kier molecular flexibility index (Phi) is 4.52. The van der Waals surface area contributed by atoms with E-state index in [0.717, 1.165) is 54.4 Å². The van der Waals surface area contributed by atoms with Crippen LogP contribution in [0.5, 0.6) is 0 Å². The van der Waals surface area contributed by atoms with Gasteiger partial charge in [-0.2, -0.15) is 0 Å². The first kappa shape index (κ1) is 17.9. The third-order valence-electron chi connectivity index (χ3n) is 5.82. The van der Waals surface area contributed by atoms with Gasteiger partial charge in [0.1, 0.15) is 17.9 Å². The molecule has 1 saturated heterocycles. The third kappa shape index (κ3) is 3.38. The average Bonchev–Trinajstić information content (AvgIpc) is 2.74. The number of rotatable bonds is 3. The van der Waals surface area contributed by atoms with Gasteiger partial charge < -0.3 is 14.2 Å². The van der Waals surface area contributed by atoms with Gasteiger partial charge in [0.2, 0.25) is 0 Å². The molecule has 2 heterocycles. The van der Waals surface area contributed by atoms with E-state index in [-0.39, 0.29) is 11.4 Å². The maximum Gasteiger partial charge on any atom is 0.336 e. The highest BCUT2D eigenvalue weighted by molar-refractivity contribution is 6.06. The molecule has 1 N–H and O–H groups in total. The molecule has 0 spiro atoms. The molecule has 0 amide bonds. The number of piperazine rings is 1. The lowest BCUT2D eigenvalue weighted by molar-refractivity contribution is -0.914. The zero-order valence-electron chi connectivity index (χ0n) is 16.0. The van der Waals surface area contributed by atoms with Gasteiger partial charge >= 0.3 is 5.63 Å². The molecule has 146 valence electrons. The second kappa shape index (κ2) is 7.33. The molecule has 5 heteroatoms. The molecule has 1 fully saturated rings. The number of fused-ring (bicyclic) bond motifs is 3. The first-order chi connectivity index (χ1) is 14.2. The first-order valence-electron chi connectivity index (χ1n) is 9.96. The van der Waals surface area contributed by atoms with Crippen molar-refractivity contribution in [3.8, 4) is 0 Å². The number of nitrogens with one attached hydrogen (secondary N) is 1. The summed E-state index contributed by atoms with van der Waals surface area (Å²) in [6.07, 6.45) is 0. The van der Waals surface area contributed by atoms with Gasteiger partial charge in [-0.25, -0.2) is 9.18 Å². The average molecular weight is 389 g/mol. The predicted molar refractivity (Wildman–Crippen MR) is 113 cm³/mol. The van der Waals surface area contributed by atoms with Gasteiger partial charge in [-0.3, -0.25) is 0 Å². The predicted octanol–water partition coefficient (Wildman–Crippen LogP) is 2.99. The Hall–Kier alpha value is -3.18. The van der Waals surface area contributed by atoms with Gasteiger partial charge in [0.05, 0.1) is 31.9 Å². The minimum atomic E-state index is -0.313. The van der Waals surface area contributed by atoms with Crippen LogP contribution in [0, 0.1) is 5.82 Å². The monoisotopic (exact) mass is 389 g/mol. The fraction of sp³-hybridized carbons (Fsp3) is 0.208. The second-order valence-electron chi connectivity index (χ2n) is 7.62. The van der Waals surface area contributed by atoms with Gasteiger partial charge in [-0.1, -0.05) is 42.5 Å². The lowest BCUT2D eigenvalue weighted by Crippen LogP contribution is -3.13. The molecule has 4 aromatic rings. The third-order valence-corrected chi connectivity index (χ3v) is 5.82. The Bertz CT molecular complexity index is 1240. The minimum absolute atomic E-state index is 0.172. The van der Waals surface area contributed by atoms with Crippen LogP contribution < -0.4 is 15.4 Å². The van der Waals surface area contributed by atoms with E-state index >= 15 is 0 Å². The van der Waals surface area contributed by atoms with Crippen molar-refractivity contribution in [3.05, 3.63) is 88.5 Å². The van der Waals surface area contributed by atoms with Crippen molar-refractivity contribution in [1.82, 2.24) is 0 Å². The van der Waals surface area contributed by atoms with E-state index in [9.17, 15) is 9.18 Å². The normalized spacial score (nSPS) is 15.3. The summed E-state index contributed by atoms with van der Waals surface area (Å²) in [5, 5.41) is 3.26. The highest BCUT2D eigenvalue weighted by Gasteiger charge is 2.23. The Morgan fingerprint density at radius 3 is 2.55 bits per heavy atom. The molecule has 29 heavy (non-hydrogen) atoms. The summed E-state index contributed by atoms with van der Waals surface area (Å²) in [7, 11) is 0. The Morgan fingerprint density at radius 2 is 1.72 bits per heavy atom. The fourth-order valence-electron chi connectivity index (χ4n) is 4.38. The van der Waals surface area contributed by atoms with Crippen LogP contribution in [0.4, 0.5) is 10.1 Å². The van der Waals surface area contributed by atoms with Gasteiger partial charge in [-0.15, -0.1) is 0 Å². The number of anilines is 1. The van der Waals surface area contributed by atoms with Crippen LogP contribution in [-0.2, 0) is 6.54 Å². The summed E-state index contributed by atoms with van der Waals surface area (Å²) in [5.41, 5.74) is 2.01. The minimum Gasteiger partial charge on any atom is -0.423 e. The van der Waals surface area contributed by atoms with E-state index in [1.54, 1.807) is 12.1 Å². The lowest BCUT2D eigenvalue weighted by atomic mass is 10.0. The Balaban J connectivity index is 1.43. The highest BCUT2D eigenvalue weighted by Crippen LogP contribution is 2.27. The number of hydrogen-bond acceptors (Lipinski definition) is 3. The summed E-state index contributed by atoms with van der Waals surface area (Å²) in [6.45, 7) is 4.11. The summed E-state index contributed by atoms with van der Waals surface area (Å²) in [5.74, 6) is -0.172. The number of quaternary nitrogens is 1. The zero-order chi connectivity index (χ0) is 19.8. The van der Waals surface area contributed by atoms with Crippen LogP contribution >= 0.6 is 0 Å². The quantitative estimate of drug-likeness (QED) is 0.432. The number of halogens is 1. The molecule has 4 nitrogen and oxygen atoms in total. The standard InChI is InChI=1S/C24H21FN2O2/c25-20-7-3-4-8-21(20)27-13-11-26(12-14-27)16-18-15-23(28)29-22-10-9-17-5-1-2-6-19(17)24(18)22/h1-10,15H,11-14,16H2/p+1. The summed E-state index contributed by atoms with van der Waals surface area (Å²) >= 11 is 0. The van der Waals surface area contributed by atoms with E-state index < -0.39 is 0 Å². The number of benzene rings is 3. The maximum absolute atomic E-state index is 14.1. The van der Waals surface area contributed by atoms with Crippen LogP contribution in [0.15, 0.2) is 75.9 Å². The molecule has 0 aliphatic carbocycles. The molecule has 0 bridgehead atoms. The summed E-state index contributed by atoms with van der Waals surface area (Å²) < 4.78 is 19.6. The number of para-hydroxylation sites is 1. The van der Waals surface area contributed by atoms with Crippen molar-refractivity contribution in [2.45, 2.75) is 6.54 Å².